The van der Waals surface area contributed by atoms with Crippen LogP contribution in [0.2, 0.25) is 0 Å². The van der Waals surface area contributed by atoms with Gasteiger partial charge in [0.15, 0.2) is 0 Å². The van der Waals surface area contributed by atoms with E-state index in [-0.39, 0.29) is 11.2 Å². The first kappa shape index (κ1) is 15.1. The maximum atomic E-state index is 11.7. The molecule has 1 atom stereocenters. The fraction of sp³-hybridized carbons (Fsp3) is 0.500. The van der Waals surface area contributed by atoms with Crippen molar-refractivity contribution in [3.8, 4) is 0 Å². The van der Waals surface area contributed by atoms with Gasteiger partial charge in [-0.1, -0.05) is 29.8 Å². The van der Waals surface area contributed by atoms with Crippen LogP contribution in [0.5, 0.6) is 0 Å². The number of rotatable bonds is 7. The minimum Gasteiger partial charge on any atom is -0.383 e. The molecule has 1 unspecified atom stereocenters. The molecular formula is C14H21NO2S. The molecule has 0 fully saturated rings. The number of benzene rings is 1. The third kappa shape index (κ3) is 5.56. The van der Waals surface area contributed by atoms with Gasteiger partial charge in [0.25, 0.3) is 0 Å². The highest BCUT2D eigenvalue weighted by Gasteiger charge is 2.12. The van der Waals surface area contributed by atoms with Crippen LogP contribution in [-0.4, -0.2) is 31.4 Å². The largest absolute Gasteiger partial charge is 0.383 e. The van der Waals surface area contributed by atoms with Crippen molar-refractivity contribution in [1.82, 2.24) is 5.32 Å². The molecule has 1 aromatic carbocycles. The van der Waals surface area contributed by atoms with Crippen LogP contribution in [0, 0.1) is 6.92 Å². The van der Waals surface area contributed by atoms with Gasteiger partial charge in [0, 0.05) is 19.4 Å². The van der Waals surface area contributed by atoms with Crippen molar-refractivity contribution in [2.24, 2.45) is 0 Å². The Labute approximate surface area is 113 Å². The molecule has 18 heavy (non-hydrogen) atoms. The zero-order valence-electron chi connectivity index (χ0n) is 11.2. The Morgan fingerprint density at radius 2 is 2.06 bits per heavy atom. The number of hydrogen-bond acceptors (Lipinski definition) is 3. The quantitative estimate of drug-likeness (QED) is 0.771. The minimum absolute atomic E-state index is 0.0387. The molecule has 0 spiro atoms. The number of carbonyl (C=O) groups excluding carboxylic acids is 1. The summed E-state index contributed by atoms with van der Waals surface area (Å²) in [6.07, 6.45) is 0. The molecule has 0 aliphatic rings. The first-order valence-corrected chi connectivity index (χ1v) is 7.12. The third-order valence-corrected chi connectivity index (χ3v) is 3.81. The van der Waals surface area contributed by atoms with E-state index in [0.717, 1.165) is 5.75 Å². The molecule has 1 rings (SSSR count). The van der Waals surface area contributed by atoms with E-state index < -0.39 is 0 Å². The topological polar surface area (TPSA) is 38.3 Å². The second-order valence-electron chi connectivity index (χ2n) is 4.22. The molecule has 0 saturated heterocycles. The molecule has 0 aliphatic heterocycles. The molecule has 0 heterocycles. The Hall–Kier alpha value is -1.00. The molecule has 1 aromatic rings. The van der Waals surface area contributed by atoms with Crippen molar-refractivity contribution in [3.63, 3.8) is 0 Å². The average Bonchev–Trinajstić information content (AvgIpc) is 2.38. The first-order chi connectivity index (χ1) is 8.63. The molecule has 0 aromatic heterocycles. The Balaban J connectivity index is 2.29. The first-order valence-electron chi connectivity index (χ1n) is 6.07. The van der Waals surface area contributed by atoms with Crippen LogP contribution in [0.3, 0.4) is 0 Å². The number of carbonyl (C=O) groups is 1. The number of amides is 1. The summed E-state index contributed by atoms with van der Waals surface area (Å²) < 4.78 is 4.89. The molecule has 3 nitrogen and oxygen atoms in total. The highest BCUT2D eigenvalue weighted by molar-refractivity contribution is 7.99. The maximum Gasteiger partial charge on any atom is 0.232 e. The monoisotopic (exact) mass is 267 g/mol. The maximum absolute atomic E-state index is 11.7. The van der Waals surface area contributed by atoms with Crippen LogP contribution in [0.25, 0.3) is 0 Å². The molecule has 1 N–H and O–H groups in total. The average molecular weight is 267 g/mol. The summed E-state index contributed by atoms with van der Waals surface area (Å²) in [4.78, 5) is 11.7. The van der Waals surface area contributed by atoms with E-state index in [1.807, 2.05) is 6.92 Å². The lowest BCUT2D eigenvalue weighted by Crippen LogP contribution is -2.33. The second kappa shape index (κ2) is 8.16. The van der Waals surface area contributed by atoms with E-state index in [0.29, 0.717) is 13.2 Å². The van der Waals surface area contributed by atoms with Crippen LogP contribution in [0.1, 0.15) is 18.1 Å². The number of aryl methyl sites for hydroxylation is 1. The second-order valence-corrected chi connectivity index (χ2v) is 5.55. The summed E-state index contributed by atoms with van der Waals surface area (Å²) in [6.45, 7) is 5.13. The van der Waals surface area contributed by atoms with E-state index in [9.17, 15) is 4.79 Å². The van der Waals surface area contributed by atoms with Gasteiger partial charge in [0.05, 0.1) is 11.9 Å². The molecule has 0 saturated carbocycles. The predicted molar refractivity (Wildman–Crippen MR) is 76.8 cm³/mol. The van der Waals surface area contributed by atoms with E-state index in [1.54, 1.807) is 18.9 Å². The highest BCUT2D eigenvalue weighted by atomic mass is 32.2. The Morgan fingerprint density at radius 1 is 1.39 bits per heavy atom. The molecule has 0 radical (unpaired) electrons. The summed E-state index contributed by atoms with van der Waals surface area (Å²) >= 11 is 1.65. The van der Waals surface area contributed by atoms with Crippen LogP contribution in [0.15, 0.2) is 24.3 Å². The van der Waals surface area contributed by atoms with Crippen molar-refractivity contribution in [1.29, 1.82) is 0 Å². The van der Waals surface area contributed by atoms with Crippen molar-refractivity contribution in [2.45, 2.75) is 24.9 Å². The van der Waals surface area contributed by atoms with Crippen molar-refractivity contribution < 1.29 is 9.53 Å². The zero-order valence-corrected chi connectivity index (χ0v) is 12.0. The Kier molecular flexibility index (Phi) is 6.83. The molecule has 1 amide bonds. The van der Waals surface area contributed by atoms with Crippen LogP contribution in [0.4, 0.5) is 0 Å². The smallest absolute Gasteiger partial charge is 0.232 e. The van der Waals surface area contributed by atoms with E-state index in [4.69, 9.17) is 4.74 Å². The van der Waals surface area contributed by atoms with Gasteiger partial charge in [-0.05, 0) is 19.4 Å². The number of hydrogen-bond donors (Lipinski definition) is 1. The van der Waals surface area contributed by atoms with Gasteiger partial charge in [-0.25, -0.2) is 0 Å². The van der Waals surface area contributed by atoms with Gasteiger partial charge >= 0.3 is 0 Å². The number of thioether (sulfide) groups is 1. The van der Waals surface area contributed by atoms with Crippen molar-refractivity contribution >= 4 is 17.7 Å². The zero-order chi connectivity index (χ0) is 13.4. The van der Waals surface area contributed by atoms with Crippen LogP contribution in [-0.2, 0) is 15.3 Å². The molecule has 4 heteroatoms. The SMILES string of the molecule is COCCNC(=O)C(C)SCc1ccc(C)cc1. The van der Waals surface area contributed by atoms with Gasteiger partial charge in [0.2, 0.25) is 5.91 Å². The fourth-order valence-corrected chi connectivity index (χ4v) is 2.27. The number of ether oxygens (including phenoxy) is 1. The van der Waals surface area contributed by atoms with Gasteiger partial charge in [0.1, 0.15) is 0 Å². The van der Waals surface area contributed by atoms with E-state index in [2.05, 4.69) is 36.5 Å². The number of methoxy groups -OCH3 is 1. The van der Waals surface area contributed by atoms with E-state index in [1.165, 1.54) is 11.1 Å². The Bertz CT molecular complexity index is 365. The number of nitrogens with one attached hydrogen (secondary N) is 1. The van der Waals surface area contributed by atoms with Gasteiger partial charge in [-0.2, -0.15) is 0 Å². The Morgan fingerprint density at radius 3 is 2.67 bits per heavy atom. The molecule has 0 bridgehead atoms. The highest BCUT2D eigenvalue weighted by Crippen LogP contribution is 2.18. The molecule has 100 valence electrons. The molecule has 0 aliphatic carbocycles. The third-order valence-electron chi connectivity index (χ3n) is 2.60. The van der Waals surface area contributed by atoms with Crippen molar-refractivity contribution in [3.05, 3.63) is 35.4 Å². The summed E-state index contributed by atoms with van der Waals surface area (Å²) in [6, 6.07) is 8.41. The van der Waals surface area contributed by atoms with Gasteiger partial charge in [-0.15, -0.1) is 11.8 Å². The fourth-order valence-electron chi connectivity index (χ4n) is 1.40. The normalized spacial score (nSPS) is 12.2. The minimum atomic E-state index is -0.0387. The summed E-state index contributed by atoms with van der Waals surface area (Å²) in [7, 11) is 1.63. The lowest BCUT2D eigenvalue weighted by molar-refractivity contribution is -0.120. The lowest BCUT2D eigenvalue weighted by atomic mass is 10.2. The van der Waals surface area contributed by atoms with E-state index >= 15 is 0 Å². The summed E-state index contributed by atoms with van der Waals surface area (Å²) in [5.74, 6) is 0.934. The van der Waals surface area contributed by atoms with Gasteiger partial charge in [-0.3, -0.25) is 4.79 Å². The summed E-state index contributed by atoms with van der Waals surface area (Å²) in [5.41, 5.74) is 2.51. The van der Waals surface area contributed by atoms with Gasteiger partial charge < -0.3 is 10.1 Å². The van der Waals surface area contributed by atoms with Crippen LogP contribution >= 0.6 is 11.8 Å². The standard InChI is InChI=1S/C14H21NO2S/c1-11-4-6-13(7-5-11)10-18-12(2)14(16)15-8-9-17-3/h4-7,12H,8-10H2,1-3H3,(H,15,16). The van der Waals surface area contributed by atoms with Crippen molar-refractivity contribution in [2.75, 3.05) is 20.3 Å². The predicted octanol–water partition coefficient (Wildman–Crippen LogP) is 2.38. The molecular weight excluding hydrogens is 246 g/mol. The lowest BCUT2D eigenvalue weighted by Gasteiger charge is -2.11. The summed E-state index contributed by atoms with van der Waals surface area (Å²) in [5, 5.41) is 2.81. The van der Waals surface area contributed by atoms with Crippen LogP contribution < -0.4 is 5.32 Å².